The molecule has 0 radical (unpaired) electrons. The fourth-order valence-electron chi connectivity index (χ4n) is 1.72. The number of hydrogen-bond acceptors (Lipinski definition) is 4. The predicted molar refractivity (Wildman–Crippen MR) is 68.2 cm³/mol. The maximum atomic E-state index is 12.0. The van der Waals surface area contributed by atoms with Crippen LogP contribution in [-0.2, 0) is 4.74 Å². The molecule has 1 aromatic rings. The van der Waals surface area contributed by atoms with Crippen molar-refractivity contribution in [3.8, 4) is 0 Å². The lowest BCUT2D eigenvalue weighted by Gasteiger charge is -2.17. The predicted octanol–water partition coefficient (Wildman–Crippen LogP) is 2.42. The third kappa shape index (κ3) is 3.13. The molecular weight excluding hydrogens is 290 g/mol. The van der Waals surface area contributed by atoms with E-state index in [2.05, 4.69) is 20.8 Å². The summed E-state index contributed by atoms with van der Waals surface area (Å²) in [5, 5.41) is 1.93. The Labute approximate surface area is 108 Å². The molecule has 0 aliphatic carbocycles. The second-order valence-corrected chi connectivity index (χ2v) is 5.53. The average molecular weight is 304 g/mol. The summed E-state index contributed by atoms with van der Waals surface area (Å²) >= 11 is 4.89. The zero-order chi connectivity index (χ0) is 11.4. The zero-order valence-electron chi connectivity index (χ0n) is 8.95. The molecule has 2 heterocycles. The minimum atomic E-state index is 0.198. The molecule has 0 atom stereocenters. The van der Waals surface area contributed by atoms with E-state index >= 15 is 0 Å². The summed E-state index contributed by atoms with van der Waals surface area (Å²) in [5.41, 5.74) is 0. The van der Waals surface area contributed by atoms with E-state index in [1.807, 2.05) is 11.4 Å². The lowest BCUT2D eigenvalue weighted by Crippen LogP contribution is -2.31. The molecule has 1 fully saturated rings. The summed E-state index contributed by atoms with van der Waals surface area (Å²) in [6.07, 6.45) is 1.01. The van der Waals surface area contributed by atoms with Crippen LogP contribution in [0, 0.1) is 0 Å². The van der Waals surface area contributed by atoms with Crippen LogP contribution in [0.15, 0.2) is 15.9 Å². The average Bonchev–Trinajstić information content (AvgIpc) is 2.53. The summed E-state index contributed by atoms with van der Waals surface area (Å²) < 4.78 is 6.27. The number of carbonyl (C=O) groups excluding carboxylic acids is 1. The molecule has 0 N–H and O–H groups in total. The highest BCUT2D eigenvalue weighted by Gasteiger charge is 2.17. The SMILES string of the molecule is O=C(CN1CCCOCC1)c1sccc1Br. The summed E-state index contributed by atoms with van der Waals surface area (Å²) in [6.45, 7) is 3.86. The van der Waals surface area contributed by atoms with Crippen LogP contribution in [0.4, 0.5) is 0 Å². The van der Waals surface area contributed by atoms with E-state index in [-0.39, 0.29) is 5.78 Å². The molecule has 0 saturated carbocycles. The van der Waals surface area contributed by atoms with Gasteiger partial charge in [0, 0.05) is 24.2 Å². The standard InChI is InChI=1S/C11H14BrNO2S/c12-9-2-7-16-11(9)10(14)8-13-3-1-5-15-6-4-13/h2,7H,1,3-6,8H2. The number of carbonyl (C=O) groups is 1. The minimum Gasteiger partial charge on any atom is -0.380 e. The third-order valence-electron chi connectivity index (χ3n) is 2.55. The van der Waals surface area contributed by atoms with E-state index in [0.717, 1.165) is 42.1 Å². The van der Waals surface area contributed by atoms with Crippen LogP contribution in [0.5, 0.6) is 0 Å². The summed E-state index contributed by atoms with van der Waals surface area (Å²) in [4.78, 5) is 15.0. The molecule has 1 saturated heterocycles. The van der Waals surface area contributed by atoms with Crippen LogP contribution in [0.3, 0.4) is 0 Å². The molecule has 1 aliphatic rings. The molecule has 0 bridgehead atoms. The van der Waals surface area contributed by atoms with Crippen molar-refractivity contribution in [2.24, 2.45) is 0 Å². The first-order valence-electron chi connectivity index (χ1n) is 5.33. The highest BCUT2D eigenvalue weighted by Crippen LogP contribution is 2.23. The van der Waals surface area contributed by atoms with Gasteiger partial charge in [-0.2, -0.15) is 0 Å². The summed E-state index contributed by atoms with van der Waals surface area (Å²) in [7, 11) is 0. The molecule has 0 aromatic carbocycles. The van der Waals surface area contributed by atoms with Gasteiger partial charge in [0.2, 0.25) is 0 Å². The number of hydrogen-bond donors (Lipinski definition) is 0. The molecule has 1 aromatic heterocycles. The lowest BCUT2D eigenvalue weighted by molar-refractivity contribution is 0.0925. The molecule has 88 valence electrons. The largest absolute Gasteiger partial charge is 0.380 e. The van der Waals surface area contributed by atoms with E-state index < -0.39 is 0 Å². The number of nitrogens with zero attached hydrogens (tertiary/aromatic N) is 1. The Bertz CT molecular complexity index is 359. The van der Waals surface area contributed by atoms with Crippen molar-refractivity contribution in [2.45, 2.75) is 6.42 Å². The molecule has 0 spiro atoms. The van der Waals surface area contributed by atoms with Crippen molar-refractivity contribution in [3.05, 3.63) is 20.8 Å². The van der Waals surface area contributed by atoms with Gasteiger partial charge in [0.25, 0.3) is 0 Å². The number of ketones is 1. The highest BCUT2D eigenvalue weighted by atomic mass is 79.9. The van der Waals surface area contributed by atoms with Gasteiger partial charge in [0.05, 0.1) is 18.0 Å². The fourth-order valence-corrected chi connectivity index (χ4v) is 3.25. The van der Waals surface area contributed by atoms with E-state index in [9.17, 15) is 4.79 Å². The fraction of sp³-hybridized carbons (Fsp3) is 0.545. The first kappa shape index (κ1) is 12.2. The molecule has 1 aliphatic heterocycles. The molecule has 2 rings (SSSR count). The van der Waals surface area contributed by atoms with Crippen molar-refractivity contribution >= 4 is 33.0 Å². The van der Waals surface area contributed by atoms with Gasteiger partial charge in [-0.1, -0.05) is 0 Å². The van der Waals surface area contributed by atoms with Crippen molar-refractivity contribution < 1.29 is 9.53 Å². The van der Waals surface area contributed by atoms with Gasteiger partial charge in [0.1, 0.15) is 0 Å². The third-order valence-corrected chi connectivity index (χ3v) is 4.43. The Balaban J connectivity index is 1.93. The number of rotatable bonds is 3. The first-order chi connectivity index (χ1) is 7.77. The topological polar surface area (TPSA) is 29.5 Å². The molecule has 5 heteroatoms. The van der Waals surface area contributed by atoms with Crippen molar-refractivity contribution in [3.63, 3.8) is 0 Å². The van der Waals surface area contributed by atoms with Gasteiger partial charge in [0.15, 0.2) is 5.78 Å². The van der Waals surface area contributed by atoms with E-state index in [0.29, 0.717) is 6.54 Å². The molecule has 0 unspecified atom stereocenters. The first-order valence-corrected chi connectivity index (χ1v) is 7.01. The van der Waals surface area contributed by atoms with Crippen LogP contribution in [0.25, 0.3) is 0 Å². The molecule has 16 heavy (non-hydrogen) atoms. The van der Waals surface area contributed by atoms with Gasteiger partial charge in [-0.05, 0) is 33.8 Å². The number of ether oxygens (including phenoxy) is 1. The Morgan fingerprint density at radius 3 is 3.12 bits per heavy atom. The van der Waals surface area contributed by atoms with E-state index in [1.54, 1.807) is 0 Å². The van der Waals surface area contributed by atoms with Gasteiger partial charge < -0.3 is 4.74 Å². The molecular formula is C11H14BrNO2S. The maximum Gasteiger partial charge on any atom is 0.187 e. The van der Waals surface area contributed by atoms with Gasteiger partial charge in [-0.25, -0.2) is 0 Å². The Hall–Kier alpha value is -0.230. The summed E-state index contributed by atoms with van der Waals surface area (Å²) in [5.74, 6) is 0.198. The maximum absolute atomic E-state index is 12.0. The monoisotopic (exact) mass is 303 g/mol. The minimum absolute atomic E-state index is 0.198. The Morgan fingerprint density at radius 1 is 1.50 bits per heavy atom. The Kier molecular flexibility index (Phi) is 4.52. The number of halogens is 1. The second-order valence-electron chi connectivity index (χ2n) is 3.76. The van der Waals surface area contributed by atoms with Gasteiger partial charge >= 0.3 is 0 Å². The van der Waals surface area contributed by atoms with Crippen LogP contribution in [0.1, 0.15) is 16.1 Å². The number of thiophene rings is 1. The lowest BCUT2D eigenvalue weighted by atomic mass is 10.3. The van der Waals surface area contributed by atoms with Crippen LogP contribution in [-0.4, -0.2) is 43.5 Å². The van der Waals surface area contributed by atoms with Crippen molar-refractivity contribution in [1.82, 2.24) is 4.90 Å². The van der Waals surface area contributed by atoms with E-state index in [1.165, 1.54) is 11.3 Å². The van der Waals surface area contributed by atoms with Crippen molar-refractivity contribution in [1.29, 1.82) is 0 Å². The van der Waals surface area contributed by atoms with Gasteiger partial charge in [-0.3, -0.25) is 9.69 Å². The molecule has 3 nitrogen and oxygen atoms in total. The smallest absolute Gasteiger partial charge is 0.187 e. The normalized spacial score (nSPS) is 18.3. The van der Waals surface area contributed by atoms with Crippen LogP contribution < -0.4 is 0 Å². The van der Waals surface area contributed by atoms with Crippen LogP contribution >= 0.6 is 27.3 Å². The van der Waals surface area contributed by atoms with Crippen LogP contribution in [0.2, 0.25) is 0 Å². The highest BCUT2D eigenvalue weighted by molar-refractivity contribution is 9.10. The quantitative estimate of drug-likeness (QED) is 0.803. The zero-order valence-corrected chi connectivity index (χ0v) is 11.3. The van der Waals surface area contributed by atoms with Gasteiger partial charge in [-0.15, -0.1) is 11.3 Å². The number of Topliss-reactive ketones (excluding diaryl/α,β-unsaturated/α-hetero) is 1. The summed E-state index contributed by atoms with van der Waals surface area (Å²) in [6, 6.07) is 1.92. The molecule has 0 amide bonds. The second kappa shape index (κ2) is 5.91. The van der Waals surface area contributed by atoms with E-state index in [4.69, 9.17) is 4.74 Å². The van der Waals surface area contributed by atoms with Crippen molar-refractivity contribution in [2.75, 3.05) is 32.8 Å². The Morgan fingerprint density at radius 2 is 2.38 bits per heavy atom.